The Morgan fingerprint density at radius 2 is 2.12 bits per heavy atom. The van der Waals surface area contributed by atoms with E-state index in [2.05, 4.69) is 4.98 Å². The van der Waals surface area contributed by atoms with Gasteiger partial charge in [0.25, 0.3) is 0 Å². The van der Waals surface area contributed by atoms with Crippen LogP contribution in [0.2, 0.25) is 0 Å². The summed E-state index contributed by atoms with van der Waals surface area (Å²) < 4.78 is 6.80. The van der Waals surface area contributed by atoms with Crippen molar-refractivity contribution in [2.45, 2.75) is 19.6 Å². The van der Waals surface area contributed by atoms with Gasteiger partial charge in [0.15, 0.2) is 6.73 Å². The lowest BCUT2D eigenvalue weighted by Crippen LogP contribution is -2.09. The van der Waals surface area contributed by atoms with E-state index in [1.54, 1.807) is 23.3 Å². The van der Waals surface area contributed by atoms with Crippen molar-refractivity contribution in [1.29, 1.82) is 0 Å². The maximum Gasteiger partial charge on any atom is 0.307 e. The van der Waals surface area contributed by atoms with E-state index < -0.39 is 0 Å². The number of hydrogen-bond acceptors (Lipinski definition) is 3. The Kier molecular flexibility index (Phi) is 3.91. The Balaban J connectivity index is 1.71. The van der Waals surface area contributed by atoms with Gasteiger partial charge in [-0.05, 0) is 12.0 Å². The zero-order chi connectivity index (χ0) is 11.9. The van der Waals surface area contributed by atoms with Gasteiger partial charge in [0.1, 0.15) is 0 Å². The second-order valence-electron chi connectivity index (χ2n) is 3.71. The molecule has 1 aromatic heterocycles. The molecule has 0 fully saturated rings. The molecule has 0 bridgehead atoms. The van der Waals surface area contributed by atoms with Crippen molar-refractivity contribution < 1.29 is 9.53 Å². The maximum absolute atomic E-state index is 11.5. The summed E-state index contributed by atoms with van der Waals surface area (Å²) in [7, 11) is 0. The quantitative estimate of drug-likeness (QED) is 0.738. The molecule has 17 heavy (non-hydrogen) atoms. The molecule has 0 aliphatic carbocycles. The fraction of sp³-hybridized carbons (Fsp3) is 0.231. The van der Waals surface area contributed by atoms with Crippen LogP contribution in [0.3, 0.4) is 0 Å². The van der Waals surface area contributed by atoms with Crippen molar-refractivity contribution >= 4 is 5.97 Å². The molecule has 0 atom stereocenters. The van der Waals surface area contributed by atoms with Crippen LogP contribution >= 0.6 is 0 Å². The van der Waals surface area contributed by atoms with Crippen LogP contribution in [-0.2, 0) is 22.7 Å². The summed E-state index contributed by atoms with van der Waals surface area (Å²) >= 11 is 0. The highest BCUT2D eigenvalue weighted by molar-refractivity contribution is 5.69. The third-order valence-electron chi connectivity index (χ3n) is 2.39. The number of carbonyl (C=O) groups is 1. The summed E-state index contributed by atoms with van der Waals surface area (Å²) in [4.78, 5) is 15.3. The van der Waals surface area contributed by atoms with Crippen LogP contribution in [0.1, 0.15) is 12.0 Å². The molecule has 0 saturated heterocycles. The van der Waals surface area contributed by atoms with Gasteiger partial charge in [-0.15, -0.1) is 0 Å². The molecule has 0 unspecified atom stereocenters. The minimum Gasteiger partial charge on any atom is -0.444 e. The van der Waals surface area contributed by atoms with E-state index in [0.29, 0.717) is 12.8 Å². The average Bonchev–Trinajstić information content (AvgIpc) is 2.88. The largest absolute Gasteiger partial charge is 0.444 e. The zero-order valence-corrected chi connectivity index (χ0v) is 9.45. The molecule has 0 N–H and O–H groups in total. The molecule has 88 valence electrons. The number of aromatic nitrogens is 2. The van der Waals surface area contributed by atoms with E-state index in [0.717, 1.165) is 5.56 Å². The van der Waals surface area contributed by atoms with Crippen molar-refractivity contribution in [1.82, 2.24) is 9.55 Å². The molecule has 2 aromatic rings. The Bertz CT molecular complexity index is 452. The normalized spacial score (nSPS) is 10.1. The molecule has 0 spiro atoms. The number of rotatable bonds is 5. The minimum absolute atomic E-state index is 0.192. The molecule has 0 aliphatic heterocycles. The summed E-state index contributed by atoms with van der Waals surface area (Å²) in [5.74, 6) is -0.192. The van der Waals surface area contributed by atoms with Gasteiger partial charge in [0.2, 0.25) is 0 Å². The number of hydrogen-bond donors (Lipinski definition) is 0. The van der Waals surface area contributed by atoms with Gasteiger partial charge in [-0.25, -0.2) is 4.98 Å². The van der Waals surface area contributed by atoms with Crippen molar-refractivity contribution in [2.75, 3.05) is 0 Å². The standard InChI is InChI=1S/C13H14N2O2/c16-13(17-11-15-9-8-14-10-15)7-6-12-4-2-1-3-5-12/h1-5,8-10H,6-7,11H2. The molecule has 0 aliphatic rings. The van der Waals surface area contributed by atoms with Crippen LogP contribution in [0.5, 0.6) is 0 Å². The van der Waals surface area contributed by atoms with E-state index >= 15 is 0 Å². The van der Waals surface area contributed by atoms with E-state index in [-0.39, 0.29) is 12.7 Å². The summed E-state index contributed by atoms with van der Waals surface area (Å²) in [5, 5.41) is 0. The smallest absolute Gasteiger partial charge is 0.307 e. The number of nitrogens with zero attached hydrogens (tertiary/aromatic N) is 2. The van der Waals surface area contributed by atoms with E-state index in [1.807, 2.05) is 30.3 Å². The highest BCUT2D eigenvalue weighted by atomic mass is 16.5. The Labute approximate surface area is 99.9 Å². The van der Waals surface area contributed by atoms with Crippen LogP contribution in [0, 0.1) is 0 Å². The van der Waals surface area contributed by atoms with Crippen LogP contribution in [-0.4, -0.2) is 15.5 Å². The zero-order valence-electron chi connectivity index (χ0n) is 9.45. The lowest BCUT2D eigenvalue weighted by Gasteiger charge is -2.05. The maximum atomic E-state index is 11.5. The molecular formula is C13H14N2O2. The average molecular weight is 230 g/mol. The number of imidazole rings is 1. The van der Waals surface area contributed by atoms with Crippen molar-refractivity contribution in [2.24, 2.45) is 0 Å². The van der Waals surface area contributed by atoms with E-state index in [9.17, 15) is 4.79 Å². The SMILES string of the molecule is O=C(CCc1ccccc1)OCn1ccnc1. The first kappa shape index (κ1) is 11.4. The first-order valence-electron chi connectivity index (χ1n) is 5.50. The monoisotopic (exact) mass is 230 g/mol. The van der Waals surface area contributed by atoms with Gasteiger partial charge >= 0.3 is 5.97 Å². The van der Waals surface area contributed by atoms with Gasteiger partial charge in [0, 0.05) is 18.8 Å². The number of aryl methyl sites for hydroxylation is 1. The predicted octanol–water partition coefficient (Wildman–Crippen LogP) is 2.02. The lowest BCUT2D eigenvalue weighted by atomic mass is 10.1. The van der Waals surface area contributed by atoms with Gasteiger partial charge < -0.3 is 9.30 Å². The van der Waals surface area contributed by atoms with Crippen molar-refractivity contribution in [3.8, 4) is 0 Å². The molecule has 1 aromatic carbocycles. The molecule has 0 radical (unpaired) electrons. The van der Waals surface area contributed by atoms with Crippen molar-refractivity contribution in [3.63, 3.8) is 0 Å². The van der Waals surface area contributed by atoms with E-state index in [1.165, 1.54) is 0 Å². The Morgan fingerprint density at radius 1 is 1.29 bits per heavy atom. The van der Waals surface area contributed by atoms with Crippen LogP contribution in [0.25, 0.3) is 0 Å². The Hall–Kier alpha value is -2.10. The first-order valence-corrected chi connectivity index (χ1v) is 5.50. The number of ether oxygens (including phenoxy) is 1. The molecular weight excluding hydrogens is 216 g/mol. The molecule has 1 heterocycles. The van der Waals surface area contributed by atoms with Crippen LogP contribution in [0.4, 0.5) is 0 Å². The Morgan fingerprint density at radius 3 is 2.82 bits per heavy atom. The van der Waals surface area contributed by atoms with Gasteiger partial charge in [0.05, 0.1) is 6.33 Å². The number of benzene rings is 1. The van der Waals surface area contributed by atoms with Gasteiger partial charge in [-0.2, -0.15) is 0 Å². The minimum atomic E-state index is -0.192. The molecule has 0 saturated carbocycles. The van der Waals surface area contributed by atoms with Gasteiger partial charge in [-0.3, -0.25) is 4.79 Å². The topological polar surface area (TPSA) is 44.1 Å². The van der Waals surface area contributed by atoms with Gasteiger partial charge in [-0.1, -0.05) is 30.3 Å². The number of carbonyl (C=O) groups excluding carboxylic acids is 1. The van der Waals surface area contributed by atoms with E-state index in [4.69, 9.17) is 4.74 Å². The molecule has 2 rings (SSSR count). The third kappa shape index (κ3) is 3.75. The fourth-order valence-electron chi connectivity index (χ4n) is 1.47. The summed E-state index contributed by atoms with van der Waals surface area (Å²) in [6.07, 6.45) is 6.13. The summed E-state index contributed by atoms with van der Waals surface area (Å²) in [5.41, 5.74) is 1.15. The summed E-state index contributed by atoms with van der Waals surface area (Å²) in [6, 6.07) is 9.89. The molecule has 4 nitrogen and oxygen atoms in total. The molecule has 0 amide bonds. The molecule has 4 heteroatoms. The summed E-state index contributed by atoms with van der Waals surface area (Å²) in [6.45, 7) is 0.230. The van der Waals surface area contributed by atoms with Crippen LogP contribution < -0.4 is 0 Å². The first-order chi connectivity index (χ1) is 8.34. The second-order valence-corrected chi connectivity index (χ2v) is 3.71. The lowest BCUT2D eigenvalue weighted by molar-refractivity contribution is -0.147. The fourth-order valence-corrected chi connectivity index (χ4v) is 1.47. The van der Waals surface area contributed by atoms with Crippen LogP contribution in [0.15, 0.2) is 49.1 Å². The predicted molar refractivity (Wildman–Crippen MR) is 63.1 cm³/mol. The van der Waals surface area contributed by atoms with Crippen molar-refractivity contribution in [3.05, 3.63) is 54.6 Å². The second kappa shape index (κ2) is 5.84. The highest BCUT2D eigenvalue weighted by Crippen LogP contribution is 2.03. The number of esters is 1. The third-order valence-corrected chi connectivity index (χ3v) is 2.39. The highest BCUT2D eigenvalue weighted by Gasteiger charge is 2.03.